The Bertz CT molecular complexity index is 619. The lowest BCUT2D eigenvalue weighted by molar-refractivity contribution is 0.194. The maximum absolute atomic E-state index is 4.36. The molecule has 2 aromatic rings. The van der Waals surface area contributed by atoms with Crippen molar-refractivity contribution >= 4 is 16.6 Å². The summed E-state index contributed by atoms with van der Waals surface area (Å²) in [7, 11) is 0. The van der Waals surface area contributed by atoms with Crippen molar-refractivity contribution in [1.82, 2.24) is 15.3 Å². The Balaban J connectivity index is 1.82. The van der Waals surface area contributed by atoms with Crippen LogP contribution in [0.3, 0.4) is 0 Å². The van der Waals surface area contributed by atoms with Crippen LogP contribution in [0.25, 0.3) is 16.6 Å². The SMILES string of the molecule is C1=C(c2c[nH]c3ncccc23)CNCC12CCC2. The van der Waals surface area contributed by atoms with Crippen molar-refractivity contribution in [2.75, 3.05) is 13.1 Å². The zero-order valence-corrected chi connectivity index (χ0v) is 10.4. The van der Waals surface area contributed by atoms with Crippen LogP contribution in [-0.4, -0.2) is 23.1 Å². The lowest BCUT2D eigenvalue weighted by atomic mass is 9.66. The molecule has 92 valence electrons. The van der Waals surface area contributed by atoms with E-state index in [-0.39, 0.29) is 0 Å². The fraction of sp³-hybridized carbons (Fsp3) is 0.400. The molecule has 1 saturated carbocycles. The van der Waals surface area contributed by atoms with Crippen molar-refractivity contribution in [2.24, 2.45) is 5.41 Å². The van der Waals surface area contributed by atoms with Crippen molar-refractivity contribution < 1.29 is 0 Å². The molecule has 0 radical (unpaired) electrons. The Labute approximate surface area is 106 Å². The third kappa shape index (κ3) is 1.44. The van der Waals surface area contributed by atoms with Crippen molar-refractivity contribution in [1.29, 1.82) is 0 Å². The van der Waals surface area contributed by atoms with E-state index in [1.54, 1.807) is 0 Å². The molecule has 0 unspecified atom stereocenters. The minimum Gasteiger partial charge on any atom is -0.346 e. The normalized spacial score (nSPS) is 21.9. The lowest BCUT2D eigenvalue weighted by Crippen LogP contribution is -2.42. The van der Waals surface area contributed by atoms with E-state index in [0.29, 0.717) is 5.41 Å². The summed E-state index contributed by atoms with van der Waals surface area (Å²) in [6, 6.07) is 4.16. The summed E-state index contributed by atoms with van der Waals surface area (Å²) >= 11 is 0. The molecule has 0 aromatic carbocycles. The highest BCUT2D eigenvalue weighted by Gasteiger charge is 2.37. The van der Waals surface area contributed by atoms with Crippen LogP contribution in [-0.2, 0) is 0 Å². The minimum absolute atomic E-state index is 0.444. The summed E-state index contributed by atoms with van der Waals surface area (Å²) in [4.78, 5) is 7.63. The predicted molar refractivity (Wildman–Crippen MR) is 73.2 cm³/mol. The number of rotatable bonds is 1. The monoisotopic (exact) mass is 239 g/mol. The number of H-pyrrole nitrogens is 1. The zero-order valence-electron chi connectivity index (χ0n) is 10.4. The fourth-order valence-electron chi connectivity index (χ4n) is 3.26. The number of pyridine rings is 1. The summed E-state index contributed by atoms with van der Waals surface area (Å²) in [5.41, 5.74) is 4.18. The zero-order chi connectivity index (χ0) is 12.0. The fourth-order valence-corrected chi connectivity index (χ4v) is 3.26. The number of aromatic amines is 1. The highest BCUT2D eigenvalue weighted by Crippen LogP contribution is 2.45. The Morgan fingerprint density at radius 2 is 2.22 bits per heavy atom. The second kappa shape index (κ2) is 3.69. The summed E-state index contributed by atoms with van der Waals surface area (Å²) in [6.45, 7) is 2.13. The van der Waals surface area contributed by atoms with E-state index in [0.717, 1.165) is 18.7 Å². The Hall–Kier alpha value is -1.61. The Kier molecular flexibility index (Phi) is 2.12. The van der Waals surface area contributed by atoms with Crippen LogP contribution in [0, 0.1) is 5.41 Å². The molecule has 2 aliphatic rings. The van der Waals surface area contributed by atoms with Gasteiger partial charge in [-0.05, 0) is 30.5 Å². The van der Waals surface area contributed by atoms with E-state index >= 15 is 0 Å². The van der Waals surface area contributed by atoms with Gasteiger partial charge in [-0.25, -0.2) is 4.98 Å². The van der Waals surface area contributed by atoms with Gasteiger partial charge in [-0.3, -0.25) is 0 Å². The molecule has 1 fully saturated rings. The van der Waals surface area contributed by atoms with Crippen LogP contribution in [0.2, 0.25) is 0 Å². The molecule has 2 N–H and O–H groups in total. The molecule has 0 atom stereocenters. The summed E-state index contributed by atoms with van der Waals surface area (Å²) < 4.78 is 0. The summed E-state index contributed by atoms with van der Waals surface area (Å²) in [5, 5.41) is 4.82. The Morgan fingerprint density at radius 3 is 3.06 bits per heavy atom. The van der Waals surface area contributed by atoms with Gasteiger partial charge in [-0.2, -0.15) is 0 Å². The van der Waals surface area contributed by atoms with E-state index in [1.807, 2.05) is 12.3 Å². The number of fused-ring (bicyclic) bond motifs is 1. The second-order valence-corrected chi connectivity index (χ2v) is 5.59. The van der Waals surface area contributed by atoms with Gasteiger partial charge in [-0.1, -0.05) is 12.5 Å². The van der Waals surface area contributed by atoms with Gasteiger partial charge in [0.15, 0.2) is 0 Å². The van der Waals surface area contributed by atoms with Gasteiger partial charge >= 0.3 is 0 Å². The predicted octanol–water partition coefficient (Wildman–Crippen LogP) is 2.72. The third-order valence-electron chi connectivity index (χ3n) is 4.42. The largest absolute Gasteiger partial charge is 0.346 e. The Morgan fingerprint density at radius 1 is 1.28 bits per heavy atom. The topological polar surface area (TPSA) is 40.7 Å². The molecule has 3 heteroatoms. The van der Waals surface area contributed by atoms with Crippen LogP contribution in [0.4, 0.5) is 0 Å². The van der Waals surface area contributed by atoms with Crippen molar-refractivity contribution in [2.45, 2.75) is 19.3 Å². The van der Waals surface area contributed by atoms with Gasteiger partial charge in [0, 0.05) is 41.8 Å². The van der Waals surface area contributed by atoms with Gasteiger partial charge in [0.2, 0.25) is 0 Å². The first-order chi connectivity index (χ1) is 8.86. The van der Waals surface area contributed by atoms with E-state index < -0.39 is 0 Å². The van der Waals surface area contributed by atoms with Crippen LogP contribution in [0.15, 0.2) is 30.6 Å². The van der Waals surface area contributed by atoms with Crippen LogP contribution >= 0.6 is 0 Å². The number of hydrogen-bond acceptors (Lipinski definition) is 2. The third-order valence-corrected chi connectivity index (χ3v) is 4.42. The molecule has 18 heavy (non-hydrogen) atoms. The van der Waals surface area contributed by atoms with Gasteiger partial charge < -0.3 is 10.3 Å². The van der Waals surface area contributed by atoms with Gasteiger partial charge in [0.1, 0.15) is 5.65 Å². The summed E-state index contributed by atoms with van der Waals surface area (Å²) in [5.74, 6) is 0. The lowest BCUT2D eigenvalue weighted by Gasteiger charge is -2.43. The number of hydrogen-bond donors (Lipinski definition) is 2. The molecule has 3 heterocycles. The van der Waals surface area contributed by atoms with Gasteiger partial charge in [0.25, 0.3) is 0 Å². The molecule has 0 saturated heterocycles. The first kappa shape index (κ1) is 10.3. The van der Waals surface area contributed by atoms with E-state index in [9.17, 15) is 0 Å². The van der Waals surface area contributed by atoms with Crippen molar-refractivity contribution in [3.8, 4) is 0 Å². The van der Waals surface area contributed by atoms with Crippen LogP contribution in [0.1, 0.15) is 24.8 Å². The minimum atomic E-state index is 0.444. The summed E-state index contributed by atoms with van der Waals surface area (Å²) in [6.07, 6.45) is 10.5. The second-order valence-electron chi connectivity index (χ2n) is 5.59. The maximum atomic E-state index is 4.36. The highest BCUT2D eigenvalue weighted by atomic mass is 14.9. The molecule has 3 nitrogen and oxygen atoms in total. The molecule has 0 bridgehead atoms. The van der Waals surface area contributed by atoms with E-state index in [2.05, 4.69) is 33.6 Å². The molecule has 1 spiro atoms. The quantitative estimate of drug-likeness (QED) is 0.803. The van der Waals surface area contributed by atoms with Gasteiger partial charge in [0.05, 0.1) is 0 Å². The molecular weight excluding hydrogens is 222 g/mol. The molecular formula is C15H17N3. The number of nitrogens with one attached hydrogen (secondary N) is 2. The van der Waals surface area contributed by atoms with E-state index in [1.165, 1.54) is 35.8 Å². The van der Waals surface area contributed by atoms with Gasteiger partial charge in [-0.15, -0.1) is 0 Å². The molecule has 4 rings (SSSR count). The van der Waals surface area contributed by atoms with Crippen molar-refractivity contribution in [3.63, 3.8) is 0 Å². The average molecular weight is 239 g/mol. The van der Waals surface area contributed by atoms with E-state index in [4.69, 9.17) is 0 Å². The first-order valence-corrected chi connectivity index (χ1v) is 6.71. The highest BCUT2D eigenvalue weighted by molar-refractivity contribution is 5.91. The molecule has 1 aliphatic carbocycles. The number of nitrogens with zero attached hydrogens (tertiary/aromatic N) is 1. The molecule has 1 aliphatic heterocycles. The standard InChI is InChI=1S/C15H17N3/c1-3-12-13(9-18-14(12)17-6-1)11-7-15(4-2-5-15)10-16-8-11/h1,3,6-7,9,16H,2,4-5,8,10H2,(H,17,18). The van der Waals surface area contributed by atoms with Crippen molar-refractivity contribution in [3.05, 3.63) is 36.2 Å². The average Bonchev–Trinajstić information content (AvgIpc) is 2.81. The molecule has 2 aromatic heterocycles. The smallest absolute Gasteiger partial charge is 0.137 e. The van der Waals surface area contributed by atoms with Crippen LogP contribution in [0.5, 0.6) is 0 Å². The van der Waals surface area contributed by atoms with Crippen LogP contribution < -0.4 is 5.32 Å². The maximum Gasteiger partial charge on any atom is 0.137 e. The number of aromatic nitrogens is 2. The first-order valence-electron chi connectivity index (χ1n) is 6.71. The molecule has 0 amide bonds.